The van der Waals surface area contributed by atoms with E-state index in [9.17, 15) is 0 Å². The highest BCUT2D eigenvalue weighted by molar-refractivity contribution is 8.00. The van der Waals surface area contributed by atoms with Crippen LogP contribution in [0.5, 0.6) is 28.7 Å². The first-order valence-electron chi connectivity index (χ1n) is 10.9. The number of aryl methyl sites for hydroxylation is 2. The summed E-state index contributed by atoms with van der Waals surface area (Å²) in [5.74, 6) is 3.94. The predicted molar refractivity (Wildman–Crippen MR) is 146 cm³/mol. The quantitative estimate of drug-likeness (QED) is 0.246. The first-order chi connectivity index (χ1) is 16.8. The second kappa shape index (κ2) is 12.1. The van der Waals surface area contributed by atoms with E-state index < -0.39 is 0 Å². The van der Waals surface area contributed by atoms with E-state index in [-0.39, 0.29) is 0 Å². The van der Waals surface area contributed by atoms with Gasteiger partial charge in [0.1, 0.15) is 28.7 Å². The Labute approximate surface area is 221 Å². The molecule has 3 rings (SSSR count). The molecular weight excluding hydrogens is 500 g/mol. The molecule has 0 bridgehead atoms. The van der Waals surface area contributed by atoms with Crippen LogP contribution in [0.15, 0.2) is 54.8 Å². The number of ether oxygens (including phenoxy) is 5. The maximum absolute atomic E-state index is 5.84. The molecule has 5 nitrogen and oxygen atoms in total. The summed E-state index contributed by atoms with van der Waals surface area (Å²) in [7, 11) is 8.42. The molecule has 0 fully saturated rings. The molecule has 0 radical (unpaired) electrons. The van der Waals surface area contributed by atoms with Gasteiger partial charge in [0.05, 0.1) is 50.2 Å². The first-order valence-corrected chi connectivity index (χ1v) is 13.7. The topological polar surface area (TPSA) is 46.2 Å². The molecule has 0 saturated carbocycles. The Morgan fingerprint density at radius 3 is 1.66 bits per heavy atom. The normalized spacial score (nSPS) is 10.8. The smallest absolute Gasteiger partial charge is 0.139 e. The summed E-state index contributed by atoms with van der Waals surface area (Å²) in [6.07, 6.45) is 2.07. The molecule has 0 aromatic heterocycles. The molecule has 0 unspecified atom stereocenters. The largest absolute Gasteiger partial charge is 0.495 e. The van der Waals surface area contributed by atoms with Crippen LogP contribution in [0.2, 0.25) is 0 Å². The summed E-state index contributed by atoms with van der Waals surface area (Å²) in [5, 5.41) is 0. The van der Waals surface area contributed by atoms with Crippen molar-refractivity contribution >= 4 is 35.3 Å². The van der Waals surface area contributed by atoms with Crippen molar-refractivity contribution in [3.8, 4) is 28.7 Å². The standard InChI is InChI=1S/C27H32O5S3/c1-15-10-11-19(28-4)27(23(15)31-7)34-18-13-20(29-5)26(21(14-18)30-6)35-22-12-16(2)24(32-8)25(33-9)17(22)3/h10-14H,1-9H3. The van der Waals surface area contributed by atoms with Crippen molar-refractivity contribution in [2.24, 2.45) is 0 Å². The van der Waals surface area contributed by atoms with Crippen LogP contribution in [0.1, 0.15) is 16.7 Å². The highest BCUT2D eigenvalue weighted by Crippen LogP contribution is 2.50. The third-order valence-electron chi connectivity index (χ3n) is 5.59. The lowest BCUT2D eigenvalue weighted by Crippen LogP contribution is -1.97. The fourth-order valence-corrected chi connectivity index (χ4v) is 7.10. The second-order valence-corrected chi connectivity index (χ2v) is 10.6. The molecule has 3 aromatic carbocycles. The van der Waals surface area contributed by atoms with Gasteiger partial charge in [0.15, 0.2) is 0 Å². The molecule has 3 aromatic rings. The zero-order chi connectivity index (χ0) is 25.7. The van der Waals surface area contributed by atoms with Crippen molar-refractivity contribution < 1.29 is 23.7 Å². The van der Waals surface area contributed by atoms with Gasteiger partial charge in [-0.3, -0.25) is 0 Å². The summed E-state index contributed by atoms with van der Waals surface area (Å²) in [5.41, 5.74) is 3.30. The van der Waals surface area contributed by atoms with Crippen LogP contribution in [-0.4, -0.2) is 41.8 Å². The minimum Gasteiger partial charge on any atom is -0.495 e. The maximum Gasteiger partial charge on any atom is 0.139 e. The lowest BCUT2D eigenvalue weighted by molar-refractivity contribution is 0.373. The molecule has 0 heterocycles. The van der Waals surface area contributed by atoms with Crippen molar-refractivity contribution in [3.63, 3.8) is 0 Å². The van der Waals surface area contributed by atoms with Crippen LogP contribution in [0.3, 0.4) is 0 Å². The van der Waals surface area contributed by atoms with Crippen LogP contribution >= 0.6 is 35.3 Å². The lowest BCUT2D eigenvalue weighted by Gasteiger charge is -2.19. The molecule has 0 aliphatic rings. The Morgan fingerprint density at radius 1 is 0.571 bits per heavy atom. The average molecular weight is 533 g/mol. The Hall–Kier alpha value is -2.29. The summed E-state index contributed by atoms with van der Waals surface area (Å²) in [6.45, 7) is 6.21. The number of benzene rings is 3. The van der Waals surface area contributed by atoms with Gasteiger partial charge in [0.25, 0.3) is 0 Å². The Morgan fingerprint density at radius 2 is 1.14 bits per heavy atom. The SMILES string of the molecule is COc1cc(Sc2c(OC)ccc(C)c2OC)cc(OC)c1Sc1cc(C)c(OC)c(SC)c1C. The van der Waals surface area contributed by atoms with Crippen molar-refractivity contribution in [1.82, 2.24) is 0 Å². The lowest BCUT2D eigenvalue weighted by atomic mass is 10.1. The number of hydrogen-bond acceptors (Lipinski definition) is 8. The average Bonchev–Trinajstić information content (AvgIpc) is 2.86. The molecule has 0 N–H and O–H groups in total. The zero-order valence-electron chi connectivity index (χ0n) is 21.7. The molecule has 0 amide bonds. The molecule has 35 heavy (non-hydrogen) atoms. The van der Waals surface area contributed by atoms with Gasteiger partial charge >= 0.3 is 0 Å². The van der Waals surface area contributed by atoms with E-state index >= 15 is 0 Å². The van der Waals surface area contributed by atoms with Gasteiger partial charge < -0.3 is 23.7 Å². The van der Waals surface area contributed by atoms with E-state index in [1.807, 2.05) is 31.2 Å². The van der Waals surface area contributed by atoms with Gasteiger partial charge in [-0.25, -0.2) is 0 Å². The molecule has 0 saturated heterocycles. The van der Waals surface area contributed by atoms with E-state index in [0.29, 0.717) is 0 Å². The van der Waals surface area contributed by atoms with E-state index in [1.54, 1.807) is 70.8 Å². The van der Waals surface area contributed by atoms with Crippen LogP contribution in [0, 0.1) is 20.8 Å². The predicted octanol–water partition coefficient (Wildman–Crippen LogP) is 7.68. The van der Waals surface area contributed by atoms with Gasteiger partial charge in [-0.2, -0.15) is 0 Å². The van der Waals surface area contributed by atoms with E-state index in [1.165, 1.54) is 5.56 Å². The minimum atomic E-state index is 0.737. The van der Waals surface area contributed by atoms with Gasteiger partial charge in [0, 0.05) is 9.79 Å². The van der Waals surface area contributed by atoms with Gasteiger partial charge in [-0.05, 0) is 68.0 Å². The first kappa shape index (κ1) is 27.3. The molecule has 0 aliphatic heterocycles. The highest BCUT2D eigenvalue weighted by atomic mass is 32.2. The number of hydrogen-bond donors (Lipinski definition) is 0. The van der Waals surface area contributed by atoms with Gasteiger partial charge in [0.2, 0.25) is 0 Å². The van der Waals surface area contributed by atoms with Crippen LogP contribution in [0.25, 0.3) is 0 Å². The van der Waals surface area contributed by atoms with Gasteiger partial charge in [-0.15, -0.1) is 11.8 Å². The maximum atomic E-state index is 5.84. The monoisotopic (exact) mass is 532 g/mol. The van der Waals surface area contributed by atoms with Crippen molar-refractivity contribution in [3.05, 3.63) is 47.0 Å². The Kier molecular flexibility index (Phi) is 9.44. The van der Waals surface area contributed by atoms with Crippen molar-refractivity contribution in [1.29, 1.82) is 0 Å². The van der Waals surface area contributed by atoms with E-state index in [0.717, 1.165) is 64.4 Å². The number of methoxy groups -OCH3 is 5. The third-order valence-corrected chi connectivity index (χ3v) is 8.81. The van der Waals surface area contributed by atoms with Crippen molar-refractivity contribution in [2.75, 3.05) is 41.8 Å². The molecule has 8 heteroatoms. The number of thioether (sulfide) groups is 1. The molecule has 0 atom stereocenters. The molecule has 188 valence electrons. The van der Waals surface area contributed by atoms with Gasteiger partial charge in [-0.1, -0.05) is 29.6 Å². The summed E-state index contributed by atoms with van der Waals surface area (Å²) in [4.78, 5) is 5.05. The van der Waals surface area contributed by atoms with Crippen LogP contribution < -0.4 is 23.7 Å². The highest BCUT2D eigenvalue weighted by Gasteiger charge is 2.21. The summed E-state index contributed by atoms with van der Waals surface area (Å²) in [6, 6.07) is 10.2. The van der Waals surface area contributed by atoms with Crippen molar-refractivity contribution in [2.45, 2.75) is 45.2 Å². The Bertz CT molecular complexity index is 1190. The van der Waals surface area contributed by atoms with Crippen LogP contribution in [-0.2, 0) is 0 Å². The molecule has 0 aliphatic carbocycles. The summed E-state index contributed by atoms with van der Waals surface area (Å²) < 4.78 is 28.6. The minimum absolute atomic E-state index is 0.737. The van der Waals surface area contributed by atoms with E-state index in [4.69, 9.17) is 23.7 Å². The third kappa shape index (κ3) is 5.60. The second-order valence-electron chi connectivity index (χ2n) is 7.69. The number of rotatable bonds is 10. The fourth-order valence-electron chi connectivity index (χ4n) is 3.83. The van der Waals surface area contributed by atoms with Crippen LogP contribution in [0.4, 0.5) is 0 Å². The molecular formula is C27H32O5S3. The zero-order valence-corrected chi connectivity index (χ0v) is 24.1. The molecule has 0 spiro atoms. The summed E-state index contributed by atoms with van der Waals surface area (Å²) >= 11 is 4.88. The fraction of sp³-hybridized carbons (Fsp3) is 0.333. The van der Waals surface area contributed by atoms with E-state index in [2.05, 4.69) is 26.2 Å². The Balaban J connectivity index is 2.09.